The summed E-state index contributed by atoms with van der Waals surface area (Å²) >= 11 is 0. The second-order valence-electron chi connectivity index (χ2n) is 5.93. The standard InChI is InChI=1S/C15H24N4/c1-3-15(4-2)6-8-19(10-15)14-12-9-16-7-5-13(12)17-11-18-14/h11,16H,3-10H2,1-2H3. The van der Waals surface area contributed by atoms with E-state index < -0.39 is 0 Å². The quantitative estimate of drug-likeness (QED) is 0.904. The molecule has 1 N–H and O–H groups in total. The van der Waals surface area contributed by atoms with Gasteiger partial charge in [-0.1, -0.05) is 13.8 Å². The van der Waals surface area contributed by atoms with Crippen molar-refractivity contribution in [2.75, 3.05) is 24.5 Å². The molecule has 0 atom stereocenters. The minimum Gasteiger partial charge on any atom is -0.356 e. The summed E-state index contributed by atoms with van der Waals surface area (Å²) in [6, 6.07) is 0. The Bertz CT molecular complexity index is 453. The predicted molar refractivity (Wildman–Crippen MR) is 77.3 cm³/mol. The first-order valence-corrected chi connectivity index (χ1v) is 7.56. The highest BCUT2D eigenvalue weighted by Gasteiger charge is 2.36. The monoisotopic (exact) mass is 260 g/mol. The van der Waals surface area contributed by atoms with Crippen LogP contribution in [0, 0.1) is 5.41 Å². The van der Waals surface area contributed by atoms with Crippen molar-refractivity contribution in [3.63, 3.8) is 0 Å². The van der Waals surface area contributed by atoms with Gasteiger partial charge in [-0.05, 0) is 24.7 Å². The average Bonchev–Trinajstić information content (AvgIpc) is 2.92. The Morgan fingerprint density at radius 3 is 2.89 bits per heavy atom. The molecule has 0 radical (unpaired) electrons. The molecule has 0 aromatic carbocycles. The Morgan fingerprint density at radius 1 is 1.32 bits per heavy atom. The number of nitrogens with zero attached hydrogens (tertiary/aromatic N) is 3. The van der Waals surface area contributed by atoms with Gasteiger partial charge in [0.2, 0.25) is 0 Å². The summed E-state index contributed by atoms with van der Waals surface area (Å²) in [7, 11) is 0. The van der Waals surface area contributed by atoms with Crippen molar-refractivity contribution in [1.29, 1.82) is 0 Å². The first-order chi connectivity index (χ1) is 9.28. The number of hydrogen-bond donors (Lipinski definition) is 1. The van der Waals surface area contributed by atoms with E-state index in [4.69, 9.17) is 0 Å². The Hall–Kier alpha value is -1.16. The molecule has 1 aromatic rings. The molecule has 2 aliphatic heterocycles. The second-order valence-corrected chi connectivity index (χ2v) is 5.93. The Morgan fingerprint density at radius 2 is 2.16 bits per heavy atom. The van der Waals surface area contributed by atoms with Gasteiger partial charge in [0.05, 0.1) is 5.69 Å². The molecule has 3 rings (SSSR count). The molecule has 0 saturated carbocycles. The number of hydrogen-bond acceptors (Lipinski definition) is 4. The maximum Gasteiger partial charge on any atom is 0.136 e. The summed E-state index contributed by atoms with van der Waals surface area (Å²) in [5.41, 5.74) is 3.07. The maximum atomic E-state index is 4.58. The molecule has 2 aliphatic rings. The normalized spacial score (nSPS) is 21.5. The van der Waals surface area contributed by atoms with E-state index in [1.165, 1.54) is 36.3 Å². The number of fused-ring (bicyclic) bond motifs is 1. The van der Waals surface area contributed by atoms with Crippen molar-refractivity contribution in [1.82, 2.24) is 15.3 Å². The highest BCUT2D eigenvalue weighted by Crippen LogP contribution is 2.39. The Balaban J connectivity index is 1.88. The minimum absolute atomic E-state index is 0.500. The summed E-state index contributed by atoms with van der Waals surface area (Å²) < 4.78 is 0. The van der Waals surface area contributed by atoms with Crippen LogP contribution in [0.1, 0.15) is 44.4 Å². The lowest BCUT2D eigenvalue weighted by Gasteiger charge is -2.28. The topological polar surface area (TPSA) is 41.1 Å². The fraction of sp³-hybridized carbons (Fsp3) is 0.733. The van der Waals surface area contributed by atoms with E-state index in [1.807, 2.05) is 0 Å². The molecule has 1 fully saturated rings. The minimum atomic E-state index is 0.500. The van der Waals surface area contributed by atoms with E-state index >= 15 is 0 Å². The molecular formula is C15H24N4. The van der Waals surface area contributed by atoms with Gasteiger partial charge < -0.3 is 10.2 Å². The molecule has 1 aromatic heterocycles. The van der Waals surface area contributed by atoms with E-state index in [0.29, 0.717) is 5.41 Å². The van der Waals surface area contributed by atoms with Gasteiger partial charge >= 0.3 is 0 Å². The molecule has 0 spiro atoms. The zero-order valence-corrected chi connectivity index (χ0v) is 12.1. The van der Waals surface area contributed by atoms with Gasteiger partial charge in [-0.15, -0.1) is 0 Å². The van der Waals surface area contributed by atoms with Crippen molar-refractivity contribution in [3.05, 3.63) is 17.6 Å². The summed E-state index contributed by atoms with van der Waals surface area (Å²) in [5, 5.41) is 3.45. The van der Waals surface area contributed by atoms with Gasteiger partial charge in [-0.25, -0.2) is 9.97 Å². The van der Waals surface area contributed by atoms with Crippen LogP contribution in [0.15, 0.2) is 6.33 Å². The molecule has 0 unspecified atom stereocenters. The van der Waals surface area contributed by atoms with Crippen LogP contribution >= 0.6 is 0 Å². The van der Waals surface area contributed by atoms with E-state index in [0.717, 1.165) is 32.6 Å². The third-order valence-electron chi connectivity index (χ3n) is 5.09. The number of aromatic nitrogens is 2. The number of anilines is 1. The van der Waals surface area contributed by atoms with E-state index in [9.17, 15) is 0 Å². The summed E-state index contributed by atoms with van der Waals surface area (Å²) in [6.45, 7) is 8.91. The van der Waals surface area contributed by atoms with Gasteiger partial charge in [-0.2, -0.15) is 0 Å². The van der Waals surface area contributed by atoms with Crippen molar-refractivity contribution >= 4 is 5.82 Å². The smallest absolute Gasteiger partial charge is 0.136 e. The van der Waals surface area contributed by atoms with Gasteiger partial charge in [-0.3, -0.25) is 0 Å². The second kappa shape index (κ2) is 5.08. The third kappa shape index (κ3) is 2.22. The summed E-state index contributed by atoms with van der Waals surface area (Å²) in [5.74, 6) is 1.18. The molecule has 104 valence electrons. The van der Waals surface area contributed by atoms with E-state index in [1.54, 1.807) is 6.33 Å². The molecule has 3 heterocycles. The Labute approximate surface area is 115 Å². The highest BCUT2D eigenvalue weighted by molar-refractivity contribution is 5.50. The summed E-state index contributed by atoms with van der Waals surface area (Å²) in [6.07, 6.45) is 6.62. The lowest BCUT2D eigenvalue weighted by Crippen LogP contribution is -2.31. The fourth-order valence-corrected chi connectivity index (χ4v) is 3.47. The van der Waals surface area contributed by atoms with Crippen molar-refractivity contribution in [2.24, 2.45) is 5.41 Å². The van der Waals surface area contributed by atoms with Crippen LogP contribution in [0.4, 0.5) is 5.82 Å². The van der Waals surface area contributed by atoms with E-state index in [-0.39, 0.29) is 0 Å². The first kappa shape index (κ1) is 12.9. The van der Waals surface area contributed by atoms with Crippen molar-refractivity contribution < 1.29 is 0 Å². The van der Waals surface area contributed by atoms with Crippen LogP contribution in [0.3, 0.4) is 0 Å². The van der Waals surface area contributed by atoms with Crippen LogP contribution < -0.4 is 10.2 Å². The molecule has 0 amide bonds. The average molecular weight is 260 g/mol. The van der Waals surface area contributed by atoms with E-state index in [2.05, 4.69) is 34.0 Å². The van der Waals surface area contributed by atoms with Crippen LogP contribution in [0.2, 0.25) is 0 Å². The molecule has 19 heavy (non-hydrogen) atoms. The van der Waals surface area contributed by atoms with Gasteiger partial charge in [0.1, 0.15) is 12.1 Å². The van der Waals surface area contributed by atoms with Crippen LogP contribution in [0.25, 0.3) is 0 Å². The first-order valence-electron chi connectivity index (χ1n) is 7.56. The lowest BCUT2D eigenvalue weighted by atomic mass is 9.82. The molecule has 4 nitrogen and oxygen atoms in total. The van der Waals surface area contributed by atoms with Crippen molar-refractivity contribution in [2.45, 2.75) is 46.1 Å². The highest BCUT2D eigenvalue weighted by atomic mass is 15.2. The lowest BCUT2D eigenvalue weighted by molar-refractivity contribution is 0.301. The van der Waals surface area contributed by atoms with Crippen LogP contribution in [-0.2, 0) is 13.0 Å². The largest absolute Gasteiger partial charge is 0.356 e. The molecular weight excluding hydrogens is 236 g/mol. The molecule has 0 bridgehead atoms. The number of nitrogens with one attached hydrogen (secondary N) is 1. The van der Waals surface area contributed by atoms with Crippen LogP contribution in [0.5, 0.6) is 0 Å². The van der Waals surface area contributed by atoms with Gasteiger partial charge in [0, 0.05) is 38.2 Å². The zero-order valence-electron chi connectivity index (χ0n) is 12.1. The third-order valence-corrected chi connectivity index (χ3v) is 5.09. The fourth-order valence-electron chi connectivity index (χ4n) is 3.47. The van der Waals surface area contributed by atoms with Crippen molar-refractivity contribution in [3.8, 4) is 0 Å². The zero-order chi connectivity index (χ0) is 13.3. The predicted octanol–water partition coefficient (Wildman–Crippen LogP) is 2.14. The molecule has 4 heteroatoms. The molecule has 1 saturated heterocycles. The maximum absolute atomic E-state index is 4.58. The van der Waals surface area contributed by atoms with Crippen LogP contribution in [-0.4, -0.2) is 29.6 Å². The SMILES string of the molecule is CCC1(CC)CCN(c2ncnc3c2CNCC3)C1. The summed E-state index contributed by atoms with van der Waals surface area (Å²) in [4.78, 5) is 11.5. The van der Waals surface area contributed by atoms with Gasteiger partial charge in [0.25, 0.3) is 0 Å². The molecule has 0 aliphatic carbocycles. The van der Waals surface area contributed by atoms with Gasteiger partial charge in [0.15, 0.2) is 0 Å². The Kier molecular flexibility index (Phi) is 3.44. The number of rotatable bonds is 3.